The average Bonchev–Trinajstić information content (AvgIpc) is 2.61. The molecule has 2 aromatic rings. The number of ether oxygens (including phenoxy) is 1. The number of benzene rings is 1. The molecular formula is C19H23NO5. The van der Waals surface area contributed by atoms with Crippen molar-refractivity contribution in [2.24, 2.45) is 0 Å². The number of fused-ring (bicyclic) bond motifs is 1. The fraction of sp³-hybridized carbons (Fsp3) is 0.474. The number of hydrogen-bond donors (Lipinski definition) is 2. The lowest BCUT2D eigenvalue weighted by Gasteiger charge is -2.31. The third-order valence-corrected chi connectivity index (χ3v) is 4.60. The minimum atomic E-state index is -0.864. The van der Waals surface area contributed by atoms with E-state index in [1.807, 2.05) is 6.92 Å². The van der Waals surface area contributed by atoms with E-state index in [0.717, 1.165) is 19.3 Å². The zero-order valence-corrected chi connectivity index (χ0v) is 14.3. The number of carbonyl (C=O) groups excluding carboxylic acids is 1. The highest BCUT2D eigenvalue weighted by atomic mass is 16.5. The molecule has 0 unspecified atom stereocenters. The summed E-state index contributed by atoms with van der Waals surface area (Å²) >= 11 is 0. The van der Waals surface area contributed by atoms with E-state index >= 15 is 0 Å². The van der Waals surface area contributed by atoms with Crippen LogP contribution in [0.1, 0.15) is 49.6 Å². The van der Waals surface area contributed by atoms with E-state index in [0.29, 0.717) is 36.2 Å². The Balaban J connectivity index is 1.77. The lowest BCUT2D eigenvalue weighted by atomic mass is 9.85. The second-order valence-electron chi connectivity index (χ2n) is 6.53. The largest absolute Gasteiger partial charge is 0.494 e. The van der Waals surface area contributed by atoms with Crippen molar-refractivity contribution in [1.29, 1.82) is 0 Å². The molecule has 1 heterocycles. The summed E-state index contributed by atoms with van der Waals surface area (Å²) in [6, 6.07) is 6.10. The quantitative estimate of drug-likeness (QED) is 0.869. The molecule has 1 fully saturated rings. The molecule has 0 saturated heterocycles. The van der Waals surface area contributed by atoms with Crippen LogP contribution in [-0.4, -0.2) is 29.8 Å². The smallest absolute Gasteiger partial charge is 0.287 e. The van der Waals surface area contributed by atoms with Gasteiger partial charge in [0.05, 0.1) is 17.6 Å². The number of carbonyl (C=O) groups is 1. The third-order valence-electron chi connectivity index (χ3n) is 4.60. The predicted octanol–water partition coefficient (Wildman–Crippen LogP) is 2.62. The monoisotopic (exact) mass is 345 g/mol. The van der Waals surface area contributed by atoms with E-state index in [1.165, 1.54) is 6.07 Å². The average molecular weight is 345 g/mol. The normalized spacial score (nSPS) is 16.6. The minimum absolute atomic E-state index is 0.0546. The zero-order valence-electron chi connectivity index (χ0n) is 14.3. The summed E-state index contributed by atoms with van der Waals surface area (Å²) in [4.78, 5) is 24.6. The molecule has 2 N–H and O–H groups in total. The van der Waals surface area contributed by atoms with Gasteiger partial charge >= 0.3 is 0 Å². The standard InChI is InChI=1S/C19H23NO5/c1-2-24-13-6-7-16-14(10-13)15(21)11-17(25-16)18(22)20-12-19(23)8-4-3-5-9-19/h6-7,10-11,23H,2-5,8-9,12H2,1H3,(H,20,22). The van der Waals surface area contributed by atoms with Gasteiger partial charge in [-0.25, -0.2) is 0 Å². The van der Waals surface area contributed by atoms with Crippen LogP contribution in [0.15, 0.2) is 33.5 Å². The van der Waals surface area contributed by atoms with Crippen molar-refractivity contribution in [2.75, 3.05) is 13.2 Å². The summed E-state index contributed by atoms with van der Waals surface area (Å²) in [5.41, 5.74) is -0.834. The van der Waals surface area contributed by atoms with Gasteiger partial charge in [-0.2, -0.15) is 0 Å². The van der Waals surface area contributed by atoms with Crippen molar-refractivity contribution in [3.63, 3.8) is 0 Å². The molecular weight excluding hydrogens is 322 g/mol. The molecule has 0 spiro atoms. The van der Waals surface area contributed by atoms with Crippen LogP contribution < -0.4 is 15.5 Å². The van der Waals surface area contributed by atoms with E-state index in [4.69, 9.17) is 9.15 Å². The number of rotatable bonds is 5. The molecule has 0 atom stereocenters. The first kappa shape index (κ1) is 17.5. The molecule has 1 aliphatic rings. The maximum Gasteiger partial charge on any atom is 0.287 e. The van der Waals surface area contributed by atoms with Gasteiger partial charge in [0.15, 0.2) is 11.2 Å². The van der Waals surface area contributed by atoms with Crippen molar-refractivity contribution < 1.29 is 19.1 Å². The first-order valence-corrected chi connectivity index (χ1v) is 8.72. The van der Waals surface area contributed by atoms with Crippen molar-refractivity contribution in [2.45, 2.75) is 44.6 Å². The van der Waals surface area contributed by atoms with Crippen LogP contribution in [0.4, 0.5) is 0 Å². The maximum atomic E-state index is 12.3. The van der Waals surface area contributed by atoms with E-state index in [9.17, 15) is 14.7 Å². The molecule has 0 bridgehead atoms. The van der Waals surface area contributed by atoms with Crippen LogP contribution in [0, 0.1) is 0 Å². The molecule has 6 nitrogen and oxygen atoms in total. The van der Waals surface area contributed by atoms with E-state index < -0.39 is 11.5 Å². The number of aliphatic hydroxyl groups is 1. The second kappa shape index (κ2) is 7.27. The van der Waals surface area contributed by atoms with Crippen molar-refractivity contribution in [1.82, 2.24) is 5.32 Å². The summed E-state index contributed by atoms with van der Waals surface area (Å²) in [7, 11) is 0. The Hall–Kier alpha value is -2.34. The number of hydrogen-bond acceptors (Lipinski definition) is 5. The Morgan fingerprint density at radius 3 is 2.76 bits per heavy atom. The molecule has 3 rings (SSSR count). The van der Waals surface area contributed by atoms with Gasteiger partial charge in [-0.3, -0.25) is 9.59 Å². The second-order valence-corrected chi connectivity index (χ2v) is 6.53. The van der Waals surface area contributed by atoms with Gasteiger partial charge in [0.1, 0.15) is 11.3 Å². The van der Waals surface area contributed by atoms with Crippen LogP contribution in [0.2, 0.25) is 0 Å². The molecule has 1 amide bonds. The molecule has 0 radical (unpaired) electrons. The minimum Gasteiger partial charge on any atom is -0.494 e. The van der Waals surface area contributed by atoms with Gasteiger partial charge < -0.3 is 19.6 Å². The molecule has 1 saturated carbocycles. The lowest BCUT2D eigenvalue weighted by molar-refractivity contribution is 0.00503. The van der Waals surface area contributed by atoms with Crippen molar-refractivity contribution in [3.8, 4) is 5.75 Å². The number of amides is 1. The van der Waals surface area contributed by atoms with E-state index in [1.54, 1.807) is 18.2 Å². The summed E-state index contributed by atoms with van der Waals surface area (Å²) in [5, 5.41) is 13.5. The maximum absolute atomic E-state index is 12.3. The fourth-order valence-corrected chi connectivity index (χ4v) is 3.22. The zero-order chi connectivity index (χ0) is 17.9. The summed E-state index contributed by atoms with van der Waals surface area (Å²) in [6.45, 7) is 2.53. The van der Waals surface area contributed by atoms with Gasteiger partial charge in [-0.05, 0) is 38.0 Å². The molecule has 25 heavy (non-hydrogen) atoms. The molecule has 134 valence electrons. The van der Waals surface area contributed by atoms with Gasteiger partial charge in [-0.1, -0.05) is 19.3 Å². The third kappa shape index (κ3) is 4.02. The molecule has 1 aliphatic carbocycles. The Morgan fingerprint density at radius 2 is 2.04 bits per heavy atom. The van der Waals surface area contributed by atoms with Gasteiger partial charge in [0, 0.05) is 12.6 Å². The SMILES string of the molecule is CCOc1ccc2oc(C(=O)NCC3(O)CCCCC3)cc(=O)c2c1. The highest BCUT2D eigenvalue weighted by Crippen LogP contribution is 2.27. The molecule has 1 aromatic carbocycles. The summed E-state index contributed by atoms with van der Waals surface area (Å²) in [6.07, 6.45) is 4.38. The topological polar surface area (TPSA) is 88.8 Å². The fourth-order valence-electron chi connectivity index (χ4n) is 3.22. The van der Waals surface area contributed by atoms with Crippen molar-refractivity contribution >= 4 is 16.9 Å². The first-order valence-electron chi connectivity index (χ1n) is 8.72. The van der Waals surface area contributed by atoms with Crippen LogP contribution in [0.3, 0.4) is 0 Å². The Labute approximate surface area is 145 Å². The van der Waals surface area contributed by atoms with Crippen molar-refractivity contribution in [3.05, 3.63) is 40.2 Å². The summed E-state index contributed by atoms with van der Waals surface area (Å²) in [5.74, 6) is 0.0342. The molecule has 0 aliphatic heterocycles. The van der Waals surface area contributed by atoms with Gasteiger partial charge in [0.2, 0.25) is 0 Å². The predicted molar refractivity (Wildman–Crippen MR) is 94.0 cm³/mol. The molecule has 6 heteroatoms. The number of nitrogens with one attached hydrogen (secondary N) is 1. The Kier molecular flexibility index (Phi) is 5.08. The first-order chi connectivity index (χ1) is 12.0. The van der Waals surface area contributed by atoms with Crippen LogP contribution >= 0.6 is 0 Å². The van der Waals surface area contributed by atoms with Crippen LogP contribution in [-0.2, 0) is 0 Å². The van der Waals surface area contributed by atoms with Gasteiger partial charge in [0.25, 0.3) is 5.91 Å². The Bertz CT molecular complexity index is 820. The molecule has 1 aromatic heterocycles. The summed E-state index contributed by atoms with van der Waals surface area (Å²) < 4.78 is 10.9. The highest BCUT2D eigenvalue weighted by molar-refractivity contribution is 5.93. The Morgan fingerprint density at radius 1 is 1.28 bits per heavy atom. The van der Waals surface area contributed by atoms with Gasteiger partial charge in [-0.15, -0.1) is 0 Å². The van der Waals surface area contributed by atoms with E-state index in [-0.39, 0.29) is 17.7 Å². The van der Waals surface area contributed by atoms with E-state index in [2.05, 4.69) is 5.32 Å². The highest BCUT2D eigenvalue weighted by Gasteiger charge is 2.29. The lowest BCUT2D eigenvalue weighted by Crippen LogP contribution is -2.44. The van der Waals surface area contributed by atoms with Crippen LogP contribution in [0.5, 0.6) is 5.75 Å². The van der Waals surface area contributed by atoms with Crippen LogP contribution in [0.25, 0.3) is 11.0 Å².